The molecule has 1 heteroatoms. The molecule has 0 radical (unpaired) electrons. The predicted octanol–water partition coefficient (Wildman–Crippen LogP) is 5.36. The van der Waals surface area contributed by atoms with Crippen LogP contribution in [0.4, 0.5) is 0 Å². The Bertz CT molecular complexity index is 400. The molecule has 1 nitrogen and oxygen atoms in total. The fourth-order valence-electron chi connectivity index (χ4n) is 3.82. The summed E-state index contributed by atoms with van der Waals surface area (Å²) in [6.45, 7) is 3.43. The van der Waals surface area contributed by atoms with E-state index in [0.29, 0.717) is 5.92 Å². The summed E-state index contributed by atoms with van der Waals surface area (Å²) in [6, 6.07) is 0. The van der Waals surface area contributed by atoms with Gasteiger partial charge in [0.1, 0.15) is 0 Å². The number of rotatable bonds is 9. The van der Waals surface area contributed by atoms with Gasteiger partial charge >= 0.3 is 0 Å². The van der Waals surface area contributed by atoms with Crippen molar-refractivity contribution in [2.24, 2.45) is 11.8 Å². The summed E-state index contributed by atoms with van der Waals surface area (Å²) >= 11 is 0. The number of hydrogen-bond donors (Lipinski definition) is 0. The van der Waals surface area contributed by atoms with E-state index in [1.165, 1.54) is 51.4 Å². The van der Waals surface area contributed by atoms with Gasteiger partial charge in [-0.1, -0.05) is 68.9 Å². The van der Waals surface area contributed by atoms with Gasteiger partial charge in [0.25, 0.3) is 0 Å². The number of likely N-dealkylation sites (N-methyl/N-ethyl adjacent to an activating group) is 1. The van der Waals surface area contributed by atoms with E-state index in [2.05, 4.69) is 50.2 Å². The maximum absolute atomic E-state index is 2.44. The molecular formula is C20H33N. The molecule has 2 aliphatic carbocycles. The van der Waals surface area contributed by atoms with Gasteiger partial charge in [-0.05, 0) is 44.8 Å². The van der Waals surface area contributed by atoms with Crippen LogP contribution in [0.3, 0.4) is 0 Å². The smallest absolute Gasteiger partial charge is 0.0195 e. The Balaban J connectivity index is 1.92. The lowest BCUT2D eigenvalue weighted by Gasteiger charge is -2.18. The van der Waals surface area contributed by atoms with Gasteiger partial charge in [0.15, 0.2) is 0 Å². The molecule has 0 aromatic heterocycles. The molecular weight excluding hydrogens is 254 g/mol. The summed E-state index contributed by atoms with van der Waals surface area (Å²) in [5, 5.41) is 0. The van der Waals surface area contributed by atoms with Gasteiger partial charge in [0, 0.05) is 12.5 Å². The second-order valence-corrected chi connectivity index (χ2v) is 7.02. The first-order chi connectivity index (χ1) is 10.2. The molecule has 0 spiro atoms. The predicted molar refractivity (Wildman–Crippen MR) is 93.5 cm³/mol. The van der Waals surface area contributed by atoms with E-state index in [1.54, 1.807) is 11.1 Å². The monoisotopic (exact) mass is 287 g/mol. The Morgan fingerprint density at radius 1 is 0.905 bits per heavy atom. The highest BCUT2D eigenvalue weighted by molar-refractivity contribution is 5.36. The van der Waals surface area contributed by atoms with E-state index in [1.807, 2.05) is 0 Å². The molecule has 2 bridgehead atoms. The minimum absolute atomic E-state index is 0.697. The average molecular weight is 287 g/mol. The molecule has 0 saturated heterocycles. The van der Waals surface area contributed by atoms with Crippen molar-refractivity contribution in [2.45, 2.75) is 58.3 Å². The number of unbranched alkanes of at least 4 members (excludes halogenated alkanes) is 5. The maximum atomic E-state index is 2.44. The fraction of sp³-hybridized carbons (Fsp3) is 0.700. The zero-order valence-corrected chi connectivity index (χ0v) is 14.3. The third kappa shape index (κ3) is 4.85. The third-order valence-corrected chi connectivity index (χ3v) is 4.90. The summed E-state index contributed by atoms with van der Waals surface area (Å²) in [5.74, 6) is 1.41. The first kappa shape index (κ1) is 16.5. The van der Waals surface area contributed by atoms with Crippen LogP contribution in [0.25, 0.3) is 0 Å². The van der Waals surface area contributed by atoms with Gasteiger partial charge in [-0.3, -0.25) is 0 Å². The largest absolute Gasteiger partial charge is 0.305 e. The van der Waals surface area contributed by atoms with Crippen LogP contribution in [0.15, 0.2) is 35.5 Å². The topological polar surface area (TPSA) is 3.24 Å². The van der Waals surface area contributed by atoms with E-state index < -0.39 is 0 Å². The van der Waals surface area contributed by atoms with E-state index >= 15 is 0 Å². The van der Waals surface area contributed by atoms with Crippen LogP contribution in [-0.4, -0.2) is 25.5 Å². The standard InChI is InChI=1S/C20H33N/c1-4-5-6-7-8-9-14-19-17-12-10-11-13-18(15-17)20(19)16-21(2)3/h10-13,17-18H,4-9,14-16H2,1-3H3. The Morgan fingerprint density at radius 2 is 1.52 bits per heavy atom. The van der Waals surface area contributed by atoms with Crippen molar-refractivity contribution in [3.05, 3.63) is 35.5 Å². The number of hydrogen-bond acceptors (Lipinski definition) is 1. The van der Waals surface area contributed by atoms with Crippen molar-refractivity contribution in [3.8, 4) is 0 Å². The molecule has 2 rings (SSSR count). The lowest BCUT2D eigenvalue weighted by Crippen LogP contribution is -2.18. The van der Waals surface area contributed by atoms with Crippen molar-refractivity contribution in [3.63, 3.8) is 0 Å². The third-order valence-electron chi connectivity index (χ3n) is 4.90. The quantitative estimate of drug-likeness (QED) is 0.408. The first-order valence-electron chi connectivity index (χ1n) is 8.94. The summed E-state index contributed by atoms with van der Waals surface area (Å²) in [4.78, 5) is 2.34. The van der Waals surface area contributed by atoms with Crippen molar-refractivity contribution >= 4 is 0 Å². The summed E-state index contributed by atoms with van der Waals surface area (Å²) < 4.78 is 0. The van der Waals surface area contributed by atoms with E-state index in [0.717, 1.165) is 12.5 Å². The van der Waals surface area contributed by atoms with Crippen LogP contribution in [0.1, 0.15) is 58.3 Å². The molecule has 2 aliphatic rings. The Labute approximate surface area is 131 Å². The molecule has 0 aromatic carbocycles. The van der Waals surface area contributed by atoms with Gasteiger partial charge in [0.2, 0.25) is 0 Å². The van der Waals surface area contributed by atoms with Crippen LogP contribution in [0.2, 0.25) is 0 Å². The Morgan fingerprint density at radius 3 is 2.19 bits per heavy atom. The minimum Gasteiger partial charge on any atom is -0.305 e. The number of allylic oxidation sites excluding steroid dienone is 5. The molecule has 0 amide bonds. The second-order valence-electron chi connectivity index (χ2n) is 7.02. The summed E-state index contributed by atoms with van der Waals surface area (Å²) in [7, 11) is 4.40. The molecule has 0 fully saturated rings. The molecule has 0 N–H and O–H groups in total. The van der Waals surface area contributed by atoms with Gasteiger partial charge in [0.05, 0.1) is 0 Å². The number of fused-ring (bicyclic) bond motifs is 2. The molecule has 0 aliphatic heterocycles. The number of nitrogens with zero attached hydrogens (tertiary/aromatic N) is 1. The van der Waals surface area contributed by atoms with E-state index in [4.69, 9.17) is 0 Å². The molecule has 2 atom stereocenters. The normalized spacial score (nSPS) is 24.2. The van der Waals surface area contributed by atoms with Gasteiger partial charge in [-0.25, -0.2) is 0 Å². The van der Waals surface area contributed by atoms with Gasteiger partial charge in [-0.2, -0.15) is 0 Å². The second kappa shape index (κ2) is 8.58. The minimum atomic E-state index is 0.697. The molecule has 118 valence electrons. The summed E-state index contributed by atoms with van der Waals surface area (Å²) in [6.07, 6.45) is 20.4. The SMILES string of the molecule is CCCCCCCCC1=C(CN(C)C)C2C=CC=CC1C2. The van der Waals surface area contributed by atoms with Crippen molar-refractivity contribution in [1.82, 2.24) is 4.90 Å². The molecule has 2 unspecified atom stereocenters. The highest BCUT2D eigenvalue weighted by Crippen LogP contribution is 2.42. The van der Waals surface area contributed by atoms with E-state index in [9.17, 15) is 0 Å². The Hall–Kier alpha value is -0.820. The zero-order valence-electron chi connectivity index (χ0n) is 14.3. The van der Waals surface area contributed by atoms with Gasteiger partial charge in [-0.15, -0.1) is 0 Å². The van der Waals surface area contributed by atoms with Crippen LogP contribution < -0.4 is 0 Å². The maximum Gasteiger partial charge on any atom is 0.0195 e. The van der Waals surface area contributed by atoms with Gasteiger partial charge < -0.3 is 4.90 Å². The van der Waals surface area contributed by atoms with Crippen molar-refractivity contribution in [2.75, 3.05) is 20.6 Å². The van der Waals surface area contributed by atoms with Crippen molar-refractivity contribution in [1.29, 1.82) is 0 Å². The summed E-state index contributed by atoms with van der Waals surface area (Å²) in [5.41, 5.74) is 3.49. The molecule has 21 heavy (non-hydrogen) atoms. The van der Waals surface area contributed by atoms with E-state index in [-0.39, 0.29) is 0 Å². The molecule has 0 aromatic rings. The highest BCUT2D eigenvalue weighted by atomic mass is 15.1. The van der Waals surface area contributed by atoms with Crippen molar-refractivity contribution < 1.29 is 0 Å². The van der Waals surface area contributed by atoms with Crippen LogP contribution in [0.5, 0.6) is 0 Å². The fourth-order valence-corrected chi connectivity index (χ4v) is 3.82. The molecule has 0 saturated carbocycles. The lowest BCUT2D eigenvalue weighted by atomic mass is 9.94. The van der Waals surface area contributed by atoms with Crippen LogP contribution in [0, 0.1) is 11.8 Å². The molecule has 0 heterocycles. The van der Waals surface area contributed by atoms with Crippen LogP contribution >= 0.6 is 0 Å². The van der Waals surface area contributed by atoms with Crippen LogP contribution in [-0.2, 0) is 0 Å². The average Bonchev–Trinajstić information content (AvgIpc) is 2.64. The Kier molecular flexibility index (Phi) is 6.76. The first-order valence-corrected chi connectivity index (χ1v) is 8.94. The zero-order chi connectivity index (χ0) is 15.1. The highest BCUT2D eigenvalue weighted by Gasteiger charge is 2.30. The lowest BCUT2D eigenvalue weighted by molar-refractivity contribution is 0.431.